The first kappa shape index (κ1) is 16.9. The Labute approximate surface area is 157 Å². The molecule has 0 unspecified atom stereocenters. The zero-order valence-corrected chi connectivity index (χ0v) is 14.9. The molecule has 0 saturated carbocycles. The number of amides is 1. The van der Waals surface area contributed by atoms with Crippen LogP contribution in [0.5, 0.6) is 0 Å². The van der Waals surface area contributed by atoms with Crippen molar-refractivity contribution in [3.63, 3.8) is 0 Å². The van der Waals surface area contributed by atoms with Gasteiger partial charge in [0.15, 0.2) is 5.82 Å². The summed E-state index contributed by atoms with van der Waals surface area (Å²) in [4.78, 5) is 28.2. The number of hydrogen-bond acceptors (Lipinski definition) is 7. The minimum Gasteiger partial charge on any atom is -0.366 e. The summed E-state index contributed by atoms with van der Waals surface area (Å²) in [6, 6.07) is 9.16. The van der Waals surface area contributed by atoms with E-state index in [9.17, 15) is 14.9 Å². The second kappa shape index (κ2) is 6.32. The third-order valence-electron chi connectivity index (χ3n) is 4.26. The molecule has 1 aliphatic heterocycles. The highest BCUT2D eigenvalue weighted by Crippen LogP contribution is 2.37. The molecule has 1 amide bonds. The number of nitro groups is 1. The Balaban J connectivity index is 1.91. The van der Waals surface area contributed by atoms with Gasteiger partial charge in [-0.25, -0.2) is 4.68 Å². The van der Waals surface area contributed by atoms with Gasteiger partial charge in [0.1, 0.15) is 6.04 Å². The van der Waals surface area contributed by atoms with Crippen LogP contribution in [0.2, 0.25) is 0 Å². The summed E-state index contributed by atoms with van der Waals surface area (Å²) in [6.07, 6.45) is 0. The molecule has 136 valence electrons. The Morgan fingerprint density at radius 3 is 2.85 bits per heavy atom. The van der Waals surface area contributed by atoms with Crippen LogP contribution in [0.25, 0.3) is 10.7 Å². The number of carbonyl (C=O) groups is 1. The fourth-order valence-electron chi connectivity index (χ4n) is 3.10. The number of hydrogen-bond donors (Lipinski definition) is 2. The van der Waals surface area contributed by atoms with Crippen LogP contribution >= 0.6 is 11.3 Å². The van der Waals surface area contributed by atoms with Crippen molar-refractivity contribution in [3.05, 3.63) is 68.7 Å². The molecule has 2 aromatic heterocycles. The Kier molecular flexibility index (Phi) is 3.96. The van der Waals surface area contributed by atoms with E-state index in [0.29, 0.717) is 23.0 Å². The molecule has 1 aromatic carbocycles. The highest BCUT2D eigenvalue weighted by molar-refractivity contribution is 7.13. The molecule has 3 heterocycles. The Bertz CT molecular complexity index is 1090. The molecule has 10 heteroatoms. The average Bonchev–Trinajstić information content (AvgIpc) is 3.29. The summed E-state index contributed by atoms with van der Waals surface area (Å²) in [7, 11) is 0. The second-order valence-corrected chi connectivity index (χ2v) is 6.91. The van der Waals surface area contributed by atoms with Gasteiger partial charge < -0.3 is 11.1 Å². The molecule has 1 atom stereocenters. The molecule has 0 radical (unpaired) electrons. The maximum atomic E-state index is 12.1. The van der Waals surface area contributed by atoms with Crippen molar-refractivity contribution in [2.75, 3.05) is 5.32 Å². The molecule has 3 N–H and O–H groups in total. The van der Waals surface area contributed by atoms with E-state index >= 15 is 0 Å². The van der Waals surface area contributed by atoms with Crippen LogP contribution in [0.3, 0.4) is 0 Å². The highest BCUT2D eigenvalue weighted by atomic mass is 32.1. The number of allylic oxidation sites excluding steroid dienone is 1. The summed E-state index contributed by atoms with van der Waals surface area (Å²) >= 11 is 1.49. The van der Waals surface area contributed by atoms with Gasteiger partial charge in [-0.1, -0.05) is 18.2 Å². The molecular formula is C17H14N6O3S. The maximum absolute atomic E-state index is 12.1. The molecule has 1 aliphatic rings. The fraction of sp³-hybridized carbons (Fsp3) is 0.118. The first-order valence-electron chi connectivity index (χ1n) is 7.98. The van der Waals surface area contributed by atoms with E-state index in [1.54, 1.807) is 23.7 Å². The number of fused-ring (bicyclic) bond motifs is 1. The molecule has 9 nitrogen and oxygen atoms in total. The van der Waals surface area contributed by atoms with Crippen LogP contribution in [0.4, 0.5) is 11.6 Å². The minimum atomic E-state index is -0.708. The van der Waals surface area contributed by atoms with Crippen molar-refractivity contribution in [1.29, 1.82) is 0 Å². The summed E-state index contributed by atoms with van der Waals surface area (Å²) < 4.78 is 1.54. The van der Waals surface area contributed by atoms with Gasteiger partial charge in [0.05, 0.1) is 15.4 Å². The third kappa shape index (κ3) is 2.85. The predicted octanol–water partition coefficient (Wildman–Crippen LogP) is 2.69. The number of non-ortho nitro benzene ring substituents is 1. The first-order valence-corrected chi connectivity index (χ1v) is 8.86. The number of nitro benzene ring substituents is 1. The topological polar surface area (TPSA) is 129 Å². The predicted molar refractivity (Wildman–Crippen MR) is 100 cm³/mol. The Morgan fingerprint density at radius 2 is 2.19 bits per heavy atom. The Hall–Kier alpha value is -3.53. The van der Waals surface area contributed by atoms with Gasteiger partial charge in [-0.3, -0.25) is 14.9 Å². The van der Waals surface area contributed by atoms with Gasteiger partial charge in [0.25, 0.3) is 5.69 Å². The molecule has 4 rings (SSSR count). The lowest BCUT2D eigenvalue weighted by Crippen LogP contribution is -2.31. The summed E-state index contributed by atoms with van der Waals surface area (Å²) in [5.41, 5.74) is 6.89. The zero-order chi connectivity index (χ0) is 19.1. The van der Waals surface area contributed by atoms with E-state index in [2.05, 4.69) is 15.4 Å². The van der Waals surface area contributed by atoms with E-state index in [4.69, 9.17) is 5.73 Å². The van der Waals surface area contributed by atoms with Crippen LogP contribution in [0.1, 0.15) is 18.5 Å². The number of anilines is 1. The van der Waals surface area contributed by atoms with Crippen LogP contribution in [0, 0.1) is 10.1 Å². The molecular weight excluding hydrogens is 368 g/mol. The van der Waals surface area contributed by atoms with Crippen molar-refractivity contribution in [1.82, 2.24) is 14.8 Å². The molecule has 0 aliphatic carbocycles. The lowest BCUT2D eigenvalue weighted by atomic mass is 9.95. The van der Waals surface area contributed by atoms with Crippen molar-refractivity contribution in [2.24, 2.45) is 5.73 Å². The van der Waals surface area contributed by atoms with Crippen molar-refractivity contribution >= 4 is 28.9 Å². The van der Waals surface area contributed by atoms with E-state index in [-0.39, 0.29) is 11.3 Å². The van der Waals surface area contributed by atoms with Crippen molar-refractivity contribution in [2.45, 2.75) is 13.0 Å². The summed E-state index contributed by atoms with van der Waals surface area (Å²) in [5.74, 6) is 0.314. The van der Waals surface area contributed by atoms with Crippen LogP contribution in [-0.2, 0) is 4.79 Å². The number of primary amides is 1. The zero-order valence-electron chi connectivity index (χ0n) is 14.1. The standard InChI is InChI=1S/C17H14N6O3S/c1-9-13(15(18)24)14(10-4-2-5-11(8-10)23(25)26)22-17(19-9)20-16(21-22)12-6-3-7-27-12/h2-8,14H,1H3,(H2,18,24)(H,19,20,21)/t14-/m0/s1. The quantitative estimate of drug-likeness (QED) is 0.527. The summed E-state index contributed by atoms with van der Waals surface area (Å²) in [6.45, 7) is 1.72. The van der Waals surface area contributed by atoms with Gasteiger partial charge >= 0.3 is 0 Å². The number of nitrogens with one attached hydrogen (secondary N) is 1. The largest absolute Gasteiger partial charge is 0.366 e. The molecule has 27 heavy (non-hydrogen) atoms. The van der Waals surface area contributed by atoms with Crippen molar-refractivity contribution in [3.8, 4) is 10.7 Å². The third-order valence-corrected chi connectivity index (χ3v) is 5.12. The maximum Gasteiger partial charge on any atom is 0.269 e. The summed E-state index contributed by atoms with van der Waals surface area (Å²) in [5, 5.41) is 20.7. The van der Waals surface area contributed by atoms with E-state index in [0.717, 1.165) is 4.88 Å². The average molecular weight is 382 g/mol. The number of aromatic nitrogens is 3. The van der Waals surface area contributed by atoms with Crippen molar-refractivity contribution < 1.29 is 9.72 Å². The van der Waals surface area contributed by atoms with Gasteiger partial charge in [-0.05, 0) is 23.9 Å². The number of benzene rings is 1. The second-order valence-electron chi connectivity index (χ2n) is 5.96. The normalized spacial score (nSPS) is 16.0. The number of nitrogens with two attached hydrogens (primary N) is 1. The lowest BCUT2D eigenvalue weighted by Gasteiger charge is -2.27. The minimum absolute atomic E-state index is 0.0762. The first-order chi connectivity index (χ1) is 13.0. The molecule has 0 bridgehead atoms. The molecule has 0 saturated heterocycles. The van der Waals surface area contributed by atoms with E-state index in [1.807, 2.05) is 17.5 Å². The smallest absolute Gasteiger partial charge is 0.269 e. The number of rotatable bonds is 4. The van der Waals surface area contributed by atoms with Gasteiger partial charge in [0, 0.05) is 17.8 Å². The van der Waals surface area contributed by atoms with Gasteiger partial charge in [-0.15, -0.1) is 16.4 Å². The molecule has 0 fully saturated rings. The molecule has 3 aromatic rings. The van der Waals surface area contributed by atoms with Crippen LogP contribution < -0.4 is 11.1 Å². The number of nitrogens with zero attached hydrogens (tertiary/aromatic N) is 4. The van der Waals surface area contributed by atoms with E-state index in [1.165, 1.54) is 23.5 Å². The van der Waals surface area contributed by atoms with Gasteiger partial charge in [0.2, 0.25) is 11.9 Å². The fourth-order valence-corrected chi connectivity index (χ4v) is 3.75. The highest BCUT2D eigenvalue weighted by Gasteiger charge is 2.34. The number of thiophene rings is 1. The monoisotopic (exact) mass is 382 g/mol. The lowest BCUT2D eigenvalue weighted by molar-refractivity contribution is -0.384. The van der Waals surface area contributed by atoms with Gasteiger partial charge in [-0.2, -0.15) is 4.98 Å². The van der Waals surface area contributed by atoms with E-state index < -0.39 is 16.9 Å². The Morgan fingerprint density at radius 1 is 1.37 bits per heavy atom. The SMILES string of the molecule is CC1=C(C(N)=O)[C@H](c2cccc([N+](=O)[O-])c2)n2nc(-c3cccs3)nc2N1. The van der Waals surface area contributed by atoms with Crippen LogP contribution in [-0.4, -0.2) is 25.6 Å². The molecule has 0 spiro atoms. The van der Waals surface area contributed by atoms with Crippen LogP contribution in [0.15, 0.2) is 53.0 Å². The number of carbonyl (C=O) groups excluding carboxylic acids is 1.